The molecule has 0 aromatic heterocycles. The van der Waals surface area contributed by atoms with Crippen LogP contribution >= 0.6 is 0 Å². The molecule has 0 radical (unpaired) electrons. The average molecular weight is 279 g/mol. The van der Waals surface area contributed by atoms with Crippen molar-refractivity contribution in [2.24, 2.45) is 0 Å². The smallest absolute Gasteiger partial charge is 0.334 e. The van der Waals surface area contributed by atoms with Crippen LogP contribution in [0.15, 0.2) is 0 Å². The number of rotatable bonds is 10. The van der Waals surface area contributed by atoms with Crippen molar-refractivity contribution in [2.45, 2.75) is 31.5 Å². The van der Waals surface area contributed by atoms with Crippen LogP contribution in [-0.2, 0) is 18.4 Å². The lowest BCUT2D eigenvalue weighted by Crippen LogP contribution is -2.41. The van der Waals surface area contributed by atoms with E-state index in [1.807, 2.05) is 6.55 Å². The fraction of sp³-hybridized carbons (Fsp3) is 0.800. The highest BCUT2D eigenvalue weighted by Crippen LogP contribution is 2.13. The van der Waals surface area contributed by atoms with E-state index in [4.69, 9.17) is 19.1 Å². The van der Waals surface area contributed by atoms with Crippen molar-refractivity contribution in [1.82, 2.24) is 5.32 Å². The second-order valence-electron chi connectivity index (χ2n) is 4.09. The maximum absolute atomic E-state index is 10.8. The Hall–Kier alpha value is -0.963. The minimum atomic E-state index is -2.13. The molecule has 7 nitrogen and oxygen atoms in total. The third-order valence-electron chi connectivity index (χ3n) is 2.74. The number of aliphatic carboxylic acids is 2. The van der Waals surface area contributed by atoms with Gasteiger partial charge >= 0.3 is 20.5 Å². The van der Waals surface area contributed by atoms with Gasteiger partial charge in [-0.1, -0.05) is 0 Å². The van der Waals surface area contributed by atoms with E-state index >= 15 is 0 Å². The standard InChI is InChI=1S/C10H21NO6Si/c1-16-18(3,17-2)6-4-5-11-8(10(14)15)7-9(12)13/h8,11H,4-7H2,1-3H3,(H,12,13)(H,14,15). The summed E-state index contributed by atoms with van der Waals surface area (Å²) in [5.74, 6) is -2.29. The van der Waals surface area contributed by atoms with Crippen LogP contribution in [-0.4, -0.2) is 57.5 Å². The van der Waals surface area contributed by atoms with E-state index in [-0.39, 0.29) is 0 Å². The van der Waals surface area contributed by atoms with Crippen LogP contribution in [0.25, 0.3) is 0 Å². The average Bonchev–Trinajstić information content (AvgIpc) is 2.32. The summed E-state index contributed by atoms with van der Waals surface area (Å²) < 4.78 is 10.6. The van der Waals surface area contributed by atoms with Crippen LogP contribution in [0, 0.1) is 0 Å². The summed E-state index contributed by atoms with van der Waals surface area (Å²) in [6.45, 7) is 2.33. The summed E-state index contributed by atoms with van der Waals surface area (Å²) in [6, 6.07) is -0.340. The Balaban J connectivity index is 4.00. The third kappa shape index (κ3) is 6.69. The van der Waals surface area contributed by atoms with E-state index in [1.54, 1.807) is 14.2 Å². The van der Waals surface area contributed by atoms with Gasteiger partial charge in [0.25, 0.3) is 0 Å². The Labute approximate surface area is 107 Å². The lowest BCUT2D eigenvalue weighted by atomic mass is 10.2. The maximum atomic E-state index is 10.8. The van der Waals surface area contributed by atoms with E-state index in [2.05, 4.69) is 5.32 Å². The predicted octanol–water partition coefficient (Wildman–Crippen LogP) is 0.259. The van der Waals surface area contributed by atoms with Gasteiger partial charge in [-0.25, -0.2) is 0 Å². The first kappa shape index (κ1) is 17.0. The molecule has 0 bridgehead atoms. The topological polar surface area (TPSA) is 105 Å². The van der Waals surface area contributed by atoms with E-state index in [1.165, 1.54) is 0 Å². The zero-order chi connectivity index (χ0) is 14.2. The molecule has 8 heteroatoms. The normalized spacial score (nSPS) is 13.3. The molecule has 0 saturated heterocycles. The summed E-state index contributed by atoms with van der Waals surface area (Å²) in [7, 11) is 1.05. The van der Waals surface area contributed by atoms with E-state index in [0.29, 0.717) is 19.0 Å². The van der Waals surface area contributed by atoms with E-state index in [0.717, 1.165) is 0 Å². The fourth-order valence-corrected chi connectivity index (χ4v) is 2.79. The minimum Gasteiger partial charge on any atom is -0.481 e. The Bertz CT molecular complexity index is 282. The minimum absolute atomic E-state index is 0.416. The van der Waals surface area contributed by atoms with Crippen molar-refractivity contribution in [3.8, 4) is 0 Å². The number of carbonyl (C=O) groups is 2. The SMILES string of the molecule is CO[Si](C)(CCCNC(CC(=O)O)C(=O)O)OC. The highest BCUT2D eigenvalue weighted by atomic mass is 28.4. The number of nitrogens with one attached hydrogen (secondary N) is 1. The molecular formula is C10H21NO6Si. The van der Waals surface area contributed by atoms with Gasteiger partial charge in [0.2, 0.25) is 0 Å². The van der Waals surface area contributed by atoms with E-state index in [9.17, 15) is 9.59 Å². The van der Waals surface area contributed by atoms with E-state index < -0.39 is 33.0 Å². The molecular weight excluding hydrogens is 258 g/mol. The highest BCUT2D eigenvalue weighted by molar-refractivity contribution is 6.65. The number of hydrogen-bond acceptors (Lipinski definition) is 5. The van der Waals surface area contributed by atoms with Gasteiger partial charge in [-0.05, 0) is 25.6 Å². The van der Waals surface area contributed by atoms with Crippen LogP contribution in [0.5, 0.6) is 0 Å². The van der Waals surface area contributed by atoms with Gasteiger partial charge in [0.05, 0.1) is 6.42 Å². The van der Waals surface area contributed by atoms with Crippen LogP contribution in [0.4, 0.5) is 0 Å². The van der Waals surface area contributed by atoms with Gasteiger partial charge in [-0.15, -0.1) is 0 Å². The largest absolute Gasteiger partial charge is 0.481 e. The predicted molar refractivity (Wildman–Crippen MR) is 66.7 cm³/mol. The highest BCUT2D eigenvalue weighted by Gasteiger charge is 2.28. The summed E-state index contributed by atoms with van der Waals surface area (Å²) in [4.78, 5) is 21.2. The van der Waals surface area contributed by atoms with Crippen molar-refractivity contribution < 1.29 is 28.7 Å². The molecule has 1 atom stereocenters. The molecule has 0 heterocycles. The van der Waals surface area contributed by atoms with Gasteiger partial charge in [-0.3, -0.25) is 9.59 Å². The monoisotopic (exact) mass is 279 g/mol. The van der Waals surface area contributed by atoms with Crippen molar-refractivity contribution in [1.29, 1.82) is 0 Å². The Morgan fingerprint density at radius 1 is 1.28 bits per heavy atom. The van der Waals surface area contributed by atoms with Crippen LogP contribution in [0.3, 0.4) is 0 Å². The Morgan fingerprint density at radius 2 is 1.83 bits per heavy atom. The number of carboxylic acids is 2. The van der Waals surface area contributed by atoms with Gasteiger partial charge < -0.3 is 24.4 Å². The molecule has 0 aliphatic carbocycles. The lowest BCUT2D eigenvalue weighted by molar-refractivity contribution is -0.145. The molecule has 0 aromatic rings. The van der Waals surface area contributed by atoms with Gasteiger partial charge in [0.15, 0.2) is 0 Å². The molecule has 0 saturated carbocycles. The molecule has 0 amide bonds. The zero-order valence-corrected chi connectivity index (χ0v) is 11.9. The van der Waals surface area contributed by atoms with Crippen LogP contribution in [0.2, 0.25) is 12.6 Å². The molecule has 0 fully saturated rings. The Morgan fingerprint density at radius 3 is 2.22 bits per heavy atom. The lowest BCUT2D eigenvalue weighted by Gasteiger charge is -2.22. The first-order chi connectivity index (χ1) is 8.34. The Kier molecular flexibility index (Phi) is 7.76. The molecule has 0 rings (SSSR count). The van der Waals surface area contributed by atoms with Crippen LogP contribution < -0.4 is 5.32 Å². The molecule has 0 spiro atoms. The number of carboxylic acid groups (broad SMARTS) is 2. The first-order valence-corrected chi connectivity index (χ1v) is 8.15. The molecule has 106 valence electrons. The summed E-state index contributed by atoms with van der Waals surface area (Å²) in [5, 5.41) is 20.1. The quantitative estimate of drug-likeness (QED) is 0.389. The molecule has 0 aliphatic rings. The van der Waals surface area contributed by atoms with Gasteiger partial charge in [0, 0.05) is 14.2 Å². The van der Waals surface area contributed by atoms with Gasteiger partial charge in [0.1, 0.15) is 6.04 Å². The summed E-state index contributed by atoms with van der Waals surface area (Å²) >= 11 is 0. The molecule has 18 heavy (non-hydrogen) atoms. The van der Waals surface area contributed by atoms with Crippen molar-refractivity contribution in [3.63, 3.8) is 0 Å². The van der Waals surface area contributed by atoms with Crippen molar-refractivity contribution in [3.05, 3.63) is 0 Å². The zero-order valence-electron chi connectivity index (χ0n) is 10.9. The van der Waals surface area contributed by atoms with Gasteiger partial charge in [-0.2, -0.15) is 0 Å². The second-order valence-corrected chi connectivity index (χ2v) is 7.67. The molecule has 1 unspecified atom stereocenters. The summed E-state index contributed by atoms with van der Waals surface area (Å²) in [5.41, 5.74) is 0. The van der Waals surface area contributed by atoms with Crippen LogP contribution in [0.1, 0.15) is 12.8 Å². The van der Waals surface area contributed by atoms with Crippen molar-refractivity contribution >= 4 is 20.5 Å². The second kappa shape index (κ2) is 8.19. The van der Waals surface area contributed by atoms with Crippen molar-refractivity contribution in [2.75, 3.05) is 20.8 Å². The fourth-order valence-electron chi connectivity index (χ4n) is 1.39. The first-order valence-electron chi connectivity index (χ1n) is 5.63. The third-order valence-corrected chi connectivity index (χ3v) is 5.73. The molecule has 0 aliphatic heterocycles. The molecule has 0 aromatic carbocycles. The number of hydrogen-bond donors (Lipinski definition) is 3. The molecule has 3 N–H and O–H groups in total. The maximum Gasteiger partial charge on any atom is 0.334 e. The summed E-state index contributed by atoms with van der Waals surface area (Å²) in [6.07, 6.45) is 0.242.